The lowest BCUT2D eigenvalue weighted by Crippen LogP contribution is -2.12. The molecule has 0 amide bonds. The first kappa shape index (κ1) is 13.9. The first-order chi connectivity index (χ1) is 9.39. The Kier molecular flexibility index (Phi) is 3.60. The van der Waals surface area contributed by atoms with Crippen molar-refractivity contribution in [3.63, 3.8) is 0 Å². The van der Waals surface area contributed by atoms with Gasteiger partial charge in [0.15, 0.2) is 0 Å². The molecule has 0 aliphatic carbocycles. The Labute approximate surface area is 112 Å². The van der Waals surface area contributed by atoms with Crippen molar-refractivity contribution in [1.29, 1.82) is 0 Å². The molecule has 0 fully saturated rings. The lowest BCUT2D eigenvalue weighted by Gasteiger charge is -2.13. The maximum Gasteiger partial charge on any atom is 0.420 e. The second-order valence-electron chi connectivity index (χ2n) is 4.00. The normalized spacial score (nSPS) is 11.9. The third-order valence-electron chi connectivity index (χ3n) is 2.57. The number of halogens is 3. The van der Waals surface area contributed by atoms with Crippen LogP contribution >= 0.6 is 0 Å². The van der Waals surface area contributed by atoms with Crippen LogP contribution in [-0.4, -0.2) is 0 Å². The summed E-state index contributed by atoms with van der Waals surface area (Å²) in [7, 11) is 0. The van der Waals surface area contributed by atoms with Crippen LogP contribution in [0.2, 0.25) is 0 Å². The summed E-state index contributed by atoms with van der Waals surface area (Å²) in [5.74, 6) is 0. The number of nitrogens with zero attached hydrogens (tertiary/aromatic N) is 2. The van der Waals surface area contributed by atoms with Crippen LogP contribution in [0, 0.1) is 0 Å². The molecule has 0 radical (unpaired) electrons. The van der Waals surface area contributed by atoms with Gasteiger partial charge in [-0.2, -0.15) is 18.3 Å². The van der Waals surface area contributed by atoms with Crippen LogP contribution in [0.25, 0.3) is 0 Å². The van der Waals surface area contributed by atoms with Crippen molar-refractivity contribution in [3.8, 4) is 0 Å². The smallest absolute Gasteiger partial charge is 0.398 e. The quantitative estimate of drug-likeness (QED) is 0.636. The van der Waals surface area contributed by atoms with E-state index in [1.165, 1.54) is 6.07 Å². The molecule has 0 heterocycles. The highest BCUT2D eigenvalue weighted by molar-refractivity contribution is 5.74. The molecule has 7 heteroatoms. The van der Waals surface area contributed by atoms with Gasteiger partial charge in [0.2, 0.25) is 0 Å². The molecule has 0 aliphatic heterocycles. The van der Waals surface area contributed by atoms with E-state index in [1.54, 1.807) is 30.3 Å². The monoisotopic (exact) mass is 280 g/mol. The molecule has 104 valence electrons. The summed E-state index contributed by atoms with van der Waals surface area (Å²) >= 11 is 0. The number of nitrogens with two attached hydrogens (primary N) is 2. The summed E-state index contributed by atoms with van der Waals surface area (Å²) in [6.07, 6.45) is -4.63. The minimum atomic E-state index is -4.63. The van der Waals surface area contributed by atoms with Gasteiger partial charge >= 0.3 is 6.18 Å². The van der Waals surface area contributed by atoms with Crippen LogP contribution in [0.3, 0.4) is 0 Å². The van der Waals surface area contributed by atoms with E-state index in [9.17, 15) is 13.2 Å². The Morgan fingerprint density at radius 3 is 2.10 bits per heavy atom. The SMILES string of the molecule is Nc1ccc(N=Nc2ccccc2)c(N)c1C(F)(F)F. The summed E-state index contributed by atoms with van der Waals surface area (Å²) in [6, 6.07) is 11.0. The molecule has 20 heavy (non-hydrogen) atoms. The number of anilines is 2. The number of azo groups is 1. The third kappa shape index (κ3) is 2.87. The van der Waals surface area contributed by atoms with Gasteiger partial charge in [-0.15, -0.1) is 5.11 Å². The largest absolute Gasteiger partial charge is 0.420 e. The van der Waals surface area contributed by atoms with E-state index in [0.717, 1.165) is 6.07 Å². The standard InChI is InChI=1S/C13H11F3N4/c14-13(15,16)11-9(17)6-7-10(12(11)18)20-19-8-4-2-1-3-5-8/h1-7H,17-18H2. The predicted octanol–water partition coefficient (Wildman–Crippen LogP) is 4.29. The minimum Gasteiger partial charge on any atom is -0.398 e. The summed E-state index contributed by atoms with van der Waals surface area (Å²) in [6.45, 7) is 0. The lowest BCUT2D eigenvalue weighted by molar-refractivity contribution is -0.136. The van der Waals surface area contributed by atoms with Gasteiger partial charge in [-0.05, 0) is 24.3 Å². The van der Waals surface area contributed by atoms with E-state index < -0.39 is 23.1 Å². The van der Waals surface area contributed by atoms with Crippen molar-refractivity contribution < 1.29 is 13.2 Å². The Hall–Kier alpha value is -2.57. The molecule has 2 aromatic rings. The highest BCUT2D eigenvalue weighted by Crippen LogP contribution is 2.42. The van der Waals surface area contributed by atoms with Gasteiger partial charge in [-0.1, -0.05) is 18.2 Å². The molecule has 4 N–H and O–H groups in total. The molecule has 0 bridgehead atoms. The van der Waals surface area contributed by atoms with Gasteiger partial charge in [-0.3, -0.25) is 0 Å². The zero-order valence-electron chi connectivity index (χ0n) is 10.2. The second kappa shape index (κ2) is 5.20. The summed E-state index contributed by atoms with van der Waals surface area (Å²) < 4.78 is 38.5. The Balaban J connectivity index is 2.42. The number of benzene rings is 2. The fourth-order valence-corrected chi connectivity index (χ4v) is 1.64. The van der Waals surface area contributed by atoms with Crippen LogP contribution < -0.4 is 11.5 Å². The number of rotatable bonds is 2. The Bertz CT molecular complexity index is 636. The zero-order chi connectivity index (χ0) is 14.8. The van der Waals surface area contributed by atoms with Crippen molar-refractivity contribution in [1.82, 2.24) is 0 Å². The second-order valence-corrected chi connectivity index (χ2v) is 4.00. The van der Waals surface area contributed by atoms with E-state index in [0.29, 0.717) is 5.69 Å². The average molecular weight is 280 g/mol. The van der Waals surface area contributed by atoms with Gasteiger partial charge in [0.25, 0.3) is 0 Å². The molecule has 0 atom stereocenters. The van der Waals surface area contributed by atoms with Gasteiger partial charge in [0.1, 0.15) is 11.3 Å². The van der Waals surface area contributed by atoms with Crippen LogP contribution in [0.15, 0.2) is 52.7 Å². The zero-order valence-corrected chi connectivity index (χ0v) is 10.2. The van der Waals surface area contributed by atoms with E-state index in [4.69, 9.17) is 11.5 Å². The maximum absolute atomic E-state index is 12.8. The first-order valence-corrected chi connectivity index (χ1v) is 5.61. The van der Waals surface area contributed by atoms with Gasteiger partial charge in [-0.25, -0.2) is 0 Å². The van der Waals surface area contributed by atoms with E-state index in [2.05, 4.69) is 10.2 Å². The van der Waals surface area contributed by atoms with Gasteiger partial charge in [0.05, 0.1) is 11.4 Å². The molecule has 0 saturated carbocycles. The minimum absolute atomic E-state index is 0.0737. The van der Waals surface area contributed by atoms with Gasteiger partial charge < -0.3 is 11.5 Å². The molecule has 4 nitrogen and oxygen atoms in total. The topological polar surface area (TPSA) is 76.8 Å². The van der Waals surface area contributed by atoms with Crippen molar-refractivity contribution in [2.75, 3.05) is 11.5 Å². The Morgan fingerprint density at radius 1 is 0.850 bits per heavy atom. The summed E-state index contributed by atoms with van der Waals surface area (Å²) in [4.78, 5) is 0. The van der Waals surface area contributed by atoms with Crippen molar-refractivity contribution in [2.24, 2.45) is 10.2 Å². The molecular weight excluding hydrogens is 269 g/mol. The molecule has 0 aromatic heterocycles. The van der Waals surface area contributed by atoms with E-state index >= 15 is 0 Å². The molecule has 0 unspecified atom stereocenters. The molecule has 2 aromatic carbocycles. The molecule has 0 saturated heterocycles. The summed E-state index contributed by atoms with van der Waals surface area (Å²) in [5, 5.41) is 7.56. The van der Waals surface area contributed by atoms with Gasteiger partial charge in [0, 0.05) is 5.69 Å². The van der Waals surface area contributed by atoms with E-state index in [-0.39, 0.29) is 5.69 Å². The first-order valence-electron chi connectivity index (χ1n) is 5.61. The summed E-state index contributed by atoms with van der Waals surface area (Å²) in [5.41, 5.74) is 9.18. The number of nitrogen functional groups attached to an aromatic ring is 2. The predicted molar refractivity (Wildman–Crippen MR) is 70.9 cm³/mol. The maximum atomic E-state index is 12.8. The molecule has 0 aliphatic rings. The molecule has 0 spiro atoms. The third-order valence-corrected chi connectivity index (χ3v) is 2.57. The highest BCUT2D eigenvalue weighted by Gasteiger charge is 2.36. The van der Waals surface area contributed by atoms with Crippen molar-refractivity contribution in [2.45, 2.75) is 6.18 Å². The van der Waals surface area contributed by atoms with Crippen LogP contribution in [0.5, 0.6) is 0 Å². The molecule has 2 rings (SSSR count). The average Bonchev–Trinajstić information content (AvgIpc) is 2.37. The van der Waals surface area contributed by atoms with Crippen molar-refractivity contribution in [3.05, 3.63) is 48.0 Å². The molecular formula is C13H11F3N4. The highest BCUT2D eigenvalue weighted by atomic mass is 19.4. The Morgan fingerprint density at radius 2 is 1.50 bits per heavy atom. The fraction of sp³-hybridized carbons (Fsp3) is 0.0769. The van der Waals surface area contributed by atoms with E-state index in [1.807, 2.05) is 0 Å². The lowest BCUT2D eigenvalue weighted by atomic mass is 10.1. The number of hydrogen-bond acceptors (Lipinski definition) is 4. The number of alkyl halides is 3. The van der Waals surface area contributed by atoms with Crippen molar-refractivity contribution >= 4 is 22.7 Å². The van der Waals surface area contributed by atoms with Crippen LogP contribution in [0.4, 0.5) is 35.9 Å². The number of hydrogen-bond donors (Lipinski definition) is 2. The van der Waals surface area contributed by atoms with Crippen LogP contribution in [0.1, 0.15) is 5.56 Å². The van der Waals surface area contributed by atoms with Crippen LogP contribution in [-0.2, 0) is 6.18 Å². The fourth-order valence-electron chi connectivity index (χ4n) is 1.64.